The minimum Gasteiger partial charge on any atom is -0.439 e. The van der Waals surface area contributed by atoms with Crippen LogP contribution in [-0.4, -0.2) is 52.7 Å². The summed E-state index contributed by atoms with van der Waals surface area (Å²) in [6, 6.07) is 11.1. The molecule has 2 amide bonds. The fraction of sp³-hybridized carbons (Fsp3) is 0.400. The zero-order valence-corrected chi connectivity index (χ0v) is 24.7. The van der Waals surface area contributed by atoms with E-state index < -0.39 is 23.2 Å². The number of alkyl halides is 3. The molecule has 13 heteroatoms. The van der Waals surface area contributed by atoms with E-state index in [-0.39, 0.29) is 23.3 Å². The van der Waals surface area contributed by atoms with Crippen LogP contribution in [0.1, 0.15) is 45.2 Å². The number of amides is 2. The minimum atomic E-state index is -4.52. The van der Waals surface area contributed by atoms with Crippen LogP contribution in [0.15, 0.2) is 54.9 Å². The maximum absolute atomic E-state index is 13.2. The molecule has 0 spiro atoms. The van der Waals surface area contributed by atoms with Crippen LogP contribution in [0, 0.1) is 12.3 Å². The first-order valence-corrected chi connectivity index (χ1v) is 13.8. The lowest BCUT2D eigenvalue weighted by Crippen LogP contribution is -2.54. The van der Waals surface area contributed by atoms with Crippen LogP contribution in [0.5, 0.6) is 11.6 Å². The van der Waals surface area contributed by atoms with Crippen molar-refractivity contribution in [2.45, 2.75) is 53.3 Å². The molecule has 1 aromatic heterocycles. The summed E-state index contributed by atoms with van der Waals surface area (Å²) in [4.78, 5) is 41.1. The monoisotopic (exact) mass is 600 g/mol. The van der Waals surface area contributed by atoms with E-state index in [1.807, 2.05) is 20.8 Å². The highest BCUT2D eigenvalue weighted by molar-refractivity contribution is 5.99. The van der Waals surface area contributed by atoms with Gasteiger partial charge in [0.15, 0.2) is 0 Å². The normalized spacial score (nSPS) is 16.0. The largest absolute Gasteiger partial charge is 0.439 e. The third kappa shape index (κ3) is 8.34. The minimum absolute atomic E-state index is 0.0209. The lowest BCUT2D eigenvalue weighted by Gasteiger charge is -2.41. The number of carbonyl (C=O) groups is 2. The molecule has 2 heterocycles. The Labute approximate surface area is 248 Å². The average Bonchev–Trinajstić information content (AvgIpc) is 2.94. The second-order valence-corrected chi connectivity index (χ2v) is 11.2. The van der Waals surface area contributed by atoms with E-state index in [9.17, 15) is 22.8 Å². The van der Waals surface area contributed by atoms with Gasteiger partial charge in [-0.3, -0.25) is 0 Å². The summed E-state index contributed by atoms with van der Waals surface area (Å²) in [5.41, 5.74) is -0.908. The van der Waals surface area contributed by atoms with Gasteiger partial charge in [-0.2, -0.15) is 13.2 Å². The first-order valence-electron chi connectivity index (χ1n) is 13.8. The number of urea groups is 1. The van der Waals surface area contributed by atoms with Crippen LogP contribution >= 0.6 is 0 Å². The van der Waals surface area contributed by atoms with E-state index in [1.165, 1.54) is 25.4 Å². The van der Waals surface area contributed by atoms with Gasteiger partial charge in [0, 0.05) is 30.0 Å². The Hall–Kier alpha value is -4.39. The molecule has 1 aliphatic rings. The molecule has 0 saturated carbocycles. The third-order valence-corrected chi connectivity index (χ3v) is 6.80. The van der Waals surface area contributed by atoms with Gasteiger partial charge in [0.05, 0.1) is 24.1 Å². The molecule has 0 unspecified atom stereocenters. The number of carbonyl (C=O) groups excluding carboxylic acids is 2. The average molecular weight is 601 g/mol. The molecule has 0 radical (unpaired) electrons. The number of hydrogen-bond acceptors (Lipinski definition) is 8. The maximum atomic E-state index is 13.2. The van der Waals surface area contributed by atoms with E-state index in [0.717, 1.165) is 12.5 Å². The van der Waals surface area contributed by atoms with Crippen molar-refractivity contribution in [1.29, 1.82) is 0 Å². The SMILES string of the molecule is CC[C@@H]1CN(OC(=O)C(C)(C)C)CCN1c1cc(Oc2ccc(NC(=O)Nc3ccc(C)c(C(F)(F)F)c3)cc2)ncn1. The third-order valence-electron chi connectivity index (χ3n) is 6.80. The zero-order chi connectivity index (χ0) is 31.4. The fourth-order valence-corrected chi connectivity index (χ4v) is 4.38. The highest BCUT2D eigenvalue weighted by Gasteiger charge is 2.33. The van der Waals surface area contributed by atoms with E-state index in [4.69, 9.17) is 9.57 Å². The van der Waals surface area contributed by atoms with E-state index in [0.29, 0.717) is 42.8 Å². The van der Waals surface area contributed by atoms with E-state index in [2.05, 4.69) is 32.4 Å². The molecule has 1 aliphatic heterocycles. The second-order valence-electron chi connectivity index (χ2n) is 11.2. The van der Waals surface area contributed by atoms with Crippen molar-refractivity contribution < 1.29 is 32.3 Å². The van der Waals surface area contributed by atoms with Gasteiger partial charge in [-0.15, -0.1) is 5.06 Å². The predicted octanol–water partition coefficient (Wildman–Crippen LogP) is 6.65. The Balaban J connectivity index is 1.35. The van der Waals surface area contributed by atoms with Gasteiger partial charge in [-0.05, 0) is 76.1 Å². The quantitative estimate of drug-likeness (QED) is 0.311. The summed E-state index contributed by atoms with van der Waals surface area (Å²) >= 11 is 0. The number of nitrogens with zero attached hydrogens (tertiary/aromatic N) is 4. The van der Waals surface area contributed by atoms with Gasteiger partial charge in [-0.1, -0.05) is 13.0 Å². The first-order chi connectivity index (χ1) is 20.2. The number of halogens is 3. The van der Waals surface area contributed by atoms with Gasteiger partial charge in [-0.25, -0.2) is 19.6 Å². The van der Waals surface area contributed by atoms with Crippen LogP contribution in [-0.2, 0) is 15.8 Å². The Morgan fingerprint density at radius 3 is 2.30 bits per heavy atom. The summed E-state index contributed by atoms with van der Waals surface area (Å²) in [7, 11) is 0. The molecule has 0 bridgehead atoms. The molecule has 1 atom stereocenters. The summed E-state index contributed by atoms with van der Waals surface area (Å²) in [6.45, 7) is 10.5. The lowest BCUT2D eigenvalue weighted by atomic mass is 9.98. The highest BCUT2D eigenvalue weighted by Crippen LogP contribution is 2.33. The van der Waals surface area contributed by atoms with Crippen LogP contribution < -0.4 is 20.3 Å². The van der Waals surface area contributed by atoms with Crippen molar-refractivity contribution in [3.05, 3.63) is 66.0 Å². The maximum Gasteiger partial charge on any atom is 0.416 e. The van der Waals surface area contributed by atoms with Crippen LogP contribution in [0.3, 0.4) is 0 Å². The summed E-state index contributed by atoms with van der Waals surface area (Å²) in [5, 5.41) is 6.71. The number of anilines is 3. The number of benzene rings is 2. The topological polar surface area (TPSA) is 109 Å². The number of hydrogen-bond donors (Lipinski definition) is 2. The zero-order valence-electron chi connectivity index (χ0n) is 24.7. The molecule has 4 rings (SSSR count). The number of aryl methyl sites for hydroxylation is 1. The molecule has 43 heavy (non-hydrogen) atoms. The van der Waals surface area contributed by atoms with Gasteiger partial charge >= 0.3 is 18.2 Å². The molecule has 230 valence electrons. The first kappa shape index (κ1) is 31.5. The number of ether oxygens (including phenoxy) is 1. The Morgan fingerprint density at radius 1 is 0.977 bits per heavy atom. The van der Waals surface area contributed by atoms with Crippen molar-refractivity contribution in [1.82, 2.24) is 15.0 Å². The number of rotatable bonds is 7. The number of piperazine rings is 1. The summed E-state index contributed by atoms with van der Waals surface area (Å²) < 4.78 is 45.4. The molecule has 2 N–H and O–H groups in total. The standard InChI is InChI=1S/C30H35F3N6O4/c1-6-22-17-38(43-27(40)29(3,4)5)13-14-39(22)25-16-26(35-18-34-25)42-23-11-9-20(10-12-23)36-28(41)37-21-8-7-19(2)24(15-21)30(31,32)33/h7-12,15-16,18,22H,6,13-14,17H2,1-5H3,(H2,36,37,41)/t22-/m1/s1. The van der Waals surface area contributed by atoms with Crippen molar-refractivity contribution >= 4 is 29.2 Å². The van der Waals surface area contributed by atoms with Gasteiger partial charge < -0.3 is 25.1 Å². The lowest BCUT2D eigenvalue weighted by molar-refractivity contribution is -0.203. The molecular weight excluding hydrogens is 565 g/mol. The van der Waals surface area contributed by atoms with Crippen LogP contribution in [0.25, 0.3) is 0 Å². The van der Waals surface area contributed by atoms with Gasteiger partial charge in [0.25, 0.3) is 0 Å². The molecule has 1 fully saturated rings. The molecule has 2 aromatic carbocycles. The number of aromatic nitrogens is 2. The molecule has 1 saturated heterocycles. The predicted molar refractivity (Wildman–Crippen MR) is 156 cm³/mol. The van der Waals surface area contributed by atoms with Crippen molar-refractivity contribution in [3.8, 4) is 11.6 Å². The number of nitrogens with one attached hydrogen (secondary N) is 2. The number of hydroxylamine groups is 2. The van der Waals surface area contributed by atoms with Crippen molar-refractivity contribution in [2.75, 3.05) is 35.2 Å². The van der Waals surface area contributed by atoms with Crippen molar-refractivity contribution in [2.24, 2.45) is 5.41 Å². The Bertz CT molecular complexity index is 1440. The summed E-state index contributed by atoms with van der Waals surface area (Å²) in [6.07, 6.45) is -2.30. The smallest absolute Gasteiger partial charge is 0.416 e. The Morgan fingerprint density at radius 2 is 1.65 bits per heavy atom. The van der Waals surface area contributed by atoms with Gasteiger partial charge in [0.2, 0.25) is 5.88 Å². The fourth-order valence-electron chi connectivity index (χ4n) is 4.38. The molecule has 0 aliphatic carbocycles. The van der Waals surface area contributed by atoms with Crippen LogP contribution in [0.2, 0.25) is 0 Å². The van der Waals surface area contributed by atoms with E-state index >= 15 is 0 Å². The van der Waals surface area contributed by atoms with Crippen molar-refractivity contribution in [3.63, 3.8) is 0 Å². The van der Waals surface area contributed by atoms with Gasteiger partial charge in [0.1, 0.15) is 17.9 Å². The van der Waals surface area contributed by atoms with Crippen LogP contribution in [0.4, 0.5) is 35.2 Å². The molecule has 10 nitrogen and oxygen atoms in total. The molecular formula is C30H35F3N6O4. The Kier molecular flexibility index (Phi) is 9.43. The second kappa shape index (κ2) is 12.9. The molecule has 3 aromatic rings. The summed E-state index contributed by atoms with van der Waals surface area (Å²) in [5.74, 6) is 1.18. The van der Waals surface area contributed by atoms with E-state index in [1.54, 1.807) is 35.4 Å². The highest BCUT2D eigenvalue weighted by atomic mass is 19.4.